The van der Waals surface area contributed by atoms with Crippen LogP contribution in [0.25, 0.3) is 0 Å². The highest BCUT2D eigenvalue weighted by Crippen LogP contribution is 2.89. The summed E-state index contributed by atoms with van der Waals surface area (Å²) in [6, 6.07) is 0. The fourth-order valence-electron chi connectivity index (χ4n) is 4.59. The van der Waals surface area contributed by atoms with Crippen molar-refractivity contribution in [3.63, 3.8) is 0 Å². The molecule has 0 aliphatic heterocycles. The zero-order valence-electron chi connectivity index (χ0n) is 7.14. The Hall–Kier alpha value is 0.700. The van der Waals surface area contributed by atoms with Gasteiger partial charge in [-0.1, -0.05) is 0 Å². The molecule has 0 aromatic heterocycles. The van der Waals surface area contributed by atoms with E-state index in [1.54, 1.807) is 0 Å². The number of rotatable bonds is 1. The topological polar surface area (TPSA) is 0 Å². The van der Waals surface area contributed by atoms with E-state index in [4.69, 9.17) is 0 Å². The third kappa shape index (κ3) is 0.482. The summed E-state index contributed by atoms with van der Waals surface area (Å²) in [4.78, 5) is 0. The van der Waals surface area contributed by atoms with E-state index in [-0.39, 0.29) is 0 Å². The molecular weight excluding hydrogens is 184 g/mol. The largest absolute Gasteiger partial charge is 0.172 e. The molecule has 0 N–H and O–H groups in total. The summed E-state index contributed by atoms with van der Waals surface area (Å²) < 4.78 is 0.998. The minimum Gasteiger partial charge on any atom is -0.172 e. The van der Waals surface area contributed by atoms with Gasteiger partial charge in [-0.05, 0) is 49.4 Å². The molecule has 6 rings (SSSR count). The molecule has 0 spiro atoms. The maximum atomic E-state index is 4.68. The number of thiol groups is 2. The van der Waals surface area contributed by atoms with Gasteiger partial charge in [-0.15, -0.1) is 0 Å². The van der Waals surface area contributed by atoms with Crippen LogP contribution in [-0.2, 0) is 0 Å². The monoisotopic (exact) mass is 198 g/mol. The first-order valence-corrected chi connectivity index (χ1v) is 5.83. The third-order valence-corrected chi connectivity index (χ3v) is 6.08. The molecule has 6 saturated carbocycles. The van der Waals surface area contributed by atoms with Crippen LogP contribution in [0.3, 0.4) is 0 Å². The fraction of sp³-hybridized carbons (Fsp3) is 1.00. The summed E-state index contributed by atoms with van der Waals surface area (Å²) in [6.45, 7) is 0. The first-order valence-electron chi connectivity index (χ1n) is 4.94. The van der Waals surface area contributed by atoms with Crippen molar-refractivity contribution in [1.29, 1.82) is 0 Å². The van der Waals surface area contributed by atoms with E-state index in [0.717, 1.165) is 10.8 Å². The molecule has 0 atom stereocenters. The van der Waals surface area contributed by atoms with E-state index in [1.165, 1.54) is 38.5 Å². The van der Waals surface area contributed by atoms with Gasteiger partial charge in [-0.3, -0.25) is 0 Å². The molecule has 0 aromatic rings. The van der Waals surface area contributed by atoms with Crippen molar-refractivity contribution < 1.29 is 0 Å². The van der Waals surface area contributed by atoms with Gasteiger partial charge in [0.15, 0.2) is 0 Å². The zero-order chi connectivity index (χ0) is 8.24. The van der Waals surface area contributed by atoms with Gasteiger partial charge in [0.05, 0.1) is 0 Å². The van der Waals surface area contributed by atoms with Crippen molar-refractivity contribution in [2.24, 2.45) is 10.8 Å². The van der Waals surface area contributed by atoms with Crippen LogP contribution in [0.1, 0.15) is 38.5 Å². The average Bonchev–Trinajstić information content (AvgIpc) is 1.69. The lowest BCUT2D eigenvalue weighted by molar-refractivity contribution is -0.282. The molecule has 66 valence electrons. The molecule has 6 aliphatic carbocycles. The van der Waals surface area contributed by atoms with Crippen molar-refractivity contribution >= 4 is 25.3 Å². The first kappa shape index (κ1) is 7.05. The van der Waals surface area contributed by atoms with Gasteiger partial charge in [0.2, 0.25) is 0 Å². The van der Waals surface area contributed by atoms with E-state index in [0.29, 0.717) is 9.49 Å². The molecule has 4 bridgehead atoms. The smallest absolute Gasteiger partial charge is 0.0146 e. The van der Waals surface area contributed by atoms with Gasteiger partial charge >= 0.3 is 0 Å². The summed E-state index contributed by atoms with van der Waals surface area (Å²) >= 11 is 9.35. The second-order valence-corrected chi connectivity index (χ2v) is 7.97. The van der Waals surface area contributed by atoms with Crippen LogP contribution in [-0.4, -0.2) is 9.49 Å². The third-order valence-electron chi connectivity index (χ3n) is 5.13. The van der Waals surface area contributed by atoms with Crippen LogP contribution < -0.4 is 0 Å². The summed E-state index contributed by atoms with van der Waals surface area (Å²) in [5.41, 5.74) is 1.55. The Morgan fingerprint density at radius 2 is 0.833 bits per heavy atom. The van der Waals surface area contributed by atoms with Crippen molar-refractivity contribution in [3.8, 4) is 0 Å². The van der Waals surface area contributed by atoms with Gasteiger partial charge in [0.25, 0.3) is 0 Å². The Balaban J connectivity index is 1.63. The fourth-order valence-corrected chi connectivity index (χ4v) is 6.41. The predicted molar refractivity (Wildman–Crippen MR) is 56.0 cm³/mol. The highest BCUT2D eigenvalue weighted by atomic mass is 32.1. The van der Waals surface area contributed by atoms with Crippen LogP contribution in [0, 0.1) is 10.8 Å². The summed E-state index contributed by atoms with van der Waals surface area (Å²) in [5, 5.41) is 0. The quantitative estimate of drug-likeness (QED) is 0.595. The maximum Gasteiger partial charge on any atom is 0.0146 e. The van der Waals surface area contributed by atoms with Crippen LogP contribution in [0.2, 0.25) is 0 Å². The van der Waals surface area contributed by atoms with E-state index in [1.807, 2.05) is 0 Å². The minimum atomic E-state index is 0.499. The lowest BCUT2D eigenvalue weighted by Crippen LogP contribution is -2.81. The molecule has 0 unspecified atom stereocenters. The molecule has 12 heavy (non-hydrogen) atoms. The predicted octanol–water partition coefficient (Wildman–Crippen LogP) is 2.69. The van der Waals surface area contributed by atoms with Crippen LogP contribution in [0.15, 0.2) is 0 Å². The van der Waals surface area contributed by atoms with Crippen molar-refractivity contribution in [3.05, 3.63) is 0 Å². The summed E-state index contributed by atoms with van der Waals surface area (Å²) in [5.74, 6) is 0. The zero-order valence-corrected chi connectivity index (χ0v) is 8.93. The molecule has 0 aromatic carbocycles. The van der Waals surface area contributed by atoms with E-state index < -0.39 is 0 Å². The van der Waals surface area contributed by atoms with E-state index in [9.17, 15) is 0 Å². The average molecular weight is 198 g/mol. The Morgan fingerprint density at radius 1 is 0.583 bits per heavy atom. The van der Waals surface area contributed by atoms with Crippen LogP contribution >= 0.6 is 25.3 Å². The van der Waals surface area contributed by atoms with Crippen molar-refractivity contribution in [2.75, 3.05) is 0 Å². The molecule has 0 saturated heterocycles. The Bertz CT molecular complexity index is 225. The Labute approximate surface area is 84.3 Å². The molecule has 0 radical (unpaired) electrons. The molecular formula is C10H14S2. The lowest BCUT2D eigenvalue weighted by atomic mass is 9.23. The van der Waals surface area contributed by atoms with Crippen LogP contribution in [0.4, 0.5) is 0 Å². The lowest BCUT2D eigenvalue weighted by Gasteiger charge is -2.86. The molecule has 0 amide bonds. The van der Waals surface area contributed by atoms with Crippen molar-refractivity contribution in [2.45, 2.75) is 48.0 Å². The molecule has 0 nitrogen and oxygen atoms in total. The van der Waals surface area contributed by atoms with Gasteiger partial charge in [0, 0.05) is 9.49 Å². The molecule has 6 fully saturated rings. The highest BCUT2D eigenvalue weighted by molar-refractivity contribution is 7.82. The van der Waals surface area contributed by atoms with Crippen molar-refractivity contribution in [1.82, 2.24) is 0 Å². The summed E-state index contributed by atoms with van der Waals surface area (Å²) in [6.07, 6.45) is 8.54. The maximum absolute atomic E-state index is 4.68. The number of hydrogen-bond donors (Lipinski definition) is 2. The van der Waals surface area contributed by atoms with Crippen LogP contribution in [0.5, 0.6) is 0 Å². The highest BCUT2D eigenvalue weighted by Gasteiger charge is 2.82. The summed E-state index contributed by atoms with van der Waals surface area (Å²) in [7, 11) is 0. The first-order chi connectivity index (χ1) is 5.49. The Morgan fingerprint density at radius 3 is 1.00 bits per heavy atom. The Kier molecular flexibility index (Phi) is 0.835. The van der Waals surface area contributed by atoms with Gasteiger partial charge < -0.3 is 0 Å². The number of hydrogen-bond acceptors (Lipinski definition) is 2. The van der Waals surface area contributed by atoms with E-state index in [2.05, 4.69) is 25.3 Å². The SMILES string of the molecule is SC12CC(C34CC(S)(C3)C4)(C1)C2. The molecule has 2 heteroatoms. The van der Waals surface area contributed by atoms with Gasteiger partial charge in [-0.25, -0.2) is 0 Å². The second kappa shape index (κ2) is 1.42. The minimum absolute atomic E-state index is 0.499. The molecule has 0 heterocycles. The molecule has 6 aliphatic rings. The normalized spacial score (nSPS) is 76.5. The van der Waals surface area contributed by atoms with E-state index >= 15 is 0 Å². The van der Waals surface area contributed by atoms with Gasteiger partial charge in [-0.2, -0.15) is 25.3 Å². The standard InChI is InChI=1S/C10H14S2/c11-9-1-7(2-9,3-9)8-4-10(12,5-8)6-8/h11-12H,1-6H2. The second-order valence-electron chi connectivity index (χ2n) is 6.07. The van der Waals surface area contributed by atoms with Gasteiger partial charge in [0.1, 0.15) is 0 Å².